The molecule has 3 aromatic rings. The molecule has 3 aromatic heterocycles. The first-order valence-electron chi connectivity index (χ1n) is 8.56. The average Bonchev–Trinajstić information content (AvgIpc) is 3.47. The first-order chi connectivity index (χ1) is 14.0. The maximum absolute atomic E-state index is 12.4. The average molecular weight is 398 g/mol. The standard InChI is InChI=1S/C16H14N8O5/c17-8-11-15(29-14(19-11)12-2-1-7-28-12)22-5-3-21(4-6-22)13(25)9-23-10-18-16(20-23)24(26)27/h1-2,7,10H,3-6,9H2. The van der Waals surface area contributed by atoms with Crippen LogP contribution in [-0.4, -0.2) is 61.7 Å². The Bertz CT molecular complexity index is 1070. The number of amides is 1. The number of carbonyl (C=O) groups excluding carboxylic acids is 1. The monoisotopic (exact) mass is 398 g/mol. The fraction of sp³-hybridized carbons (Fsp3) is 0.312. The van der Waals surface area contributed by atoms with E-state index in [1.807, 2.05) is 11.0 Å². The molecule has 1 aliphatic heterocycles. The minimum atomic E-state index is -0.721. The van der Waals surface area contributed by atoms with E-state index in [4.69, 9.17) is 8.83 Å². The lowest BCUT2D eigenvalue weighted by Gasteiger charge is -2.34. The lowest BCUT2D eigenvalue weighted by Crippen LogP contribution is -2.49. The number of hydrogen-bond acceptors (Lipinski definition) is 10. The van der Waals surface area contributed by atoms with Crippen molar-refractivity contribution in [2.24, 2.45) is 0 Å². The van der Waals surface area contributed by atoms with Gasteiger partial charge in [-0.2, -0.15) is 14.9 Å². The van der Waals surface area contributed by atoms with Gasteiger partial charge in [0.1, 0.15) is 12.6 Å². The van der Waals surface area contributed by atoms with Crippen LogP contribution in [0, 0.1) is 21.4 Å². The van der Waals surface area contributed by atoms with Gasteiger partial charge < -0.3 is 28.7 Å². The number of carbonyl (C=O) groups is 1. The van der Waals surface area contributed by atoms with Crippen molar-refractivity contribution in [2.45, 2.75) is 6.54 Å². The number of aromatic nitrogens is 4. The van der Waals surface area contributed by atoms with Gasteiger partial charge in [0.05, 0.1) is 6.26 Å². The summed E-state index contributed by atoms with van der Waals surface area (Å²) >= 11 is 0. The van der Waals surface area contributed by atoms with Crippen LogP contribution in [0.15, 0.2) is 33.6 Å². The van der Waals surface area contributed by atoms with Crippen molar-refractivity contribution >= 4 is 17.7 Å². The van der Waals surface area contributed by atoms with Crippen molar-refractivity contribution in [3.63, 3.8) is 0 Å². The van der Waals surface area contributed by atoms with Gasteiger partial charge in [-0.05, 0) is 17.1 Å². The van der Waals surface area contributed by atoms with Crippen molar-refractivity contribution in [1.29, 1.82) is 5.26 Å². The molecule has 0 atom stereocenters. The third-order valence-corrected chi connectivity index (χ3v) is 4.35. The zero-order valence-corrected chi connectivity index (χ0v) is 15.0. The molecule has 0 saturated carbocycles. The number of piperazine rings is 1. The topological polar surface area (TPSA) is 160 Å². The first kappa shape index (κ1) is 18.2. The minimum Gasteiger partial charge on any atom is -0.459 e. The highest BCUT2D eigenvalue weighted by atomic mass is 16.6. The van der Waals surface area contributed by atoms with Gasteiger partial charge >= 0.3 is 5.95 Å². The number of nitrogens with zero attached hydrogens (tertiary/aromatic N) is 8. The molecule has 13 heteroatoms. The Kier molecular flexibility index (Phi) is 4.65. The summed E-state index contributed by atoms with van der Waals surface area (Å²) in [6.07, 6.45) is 2.63. The molecule has 0 bridgehead atoms. The van der Waals surface area contributed by atoms with Crippen LogP contribution in [0.2, 0.25) is 0 Å². The van der Waals surface area contributed by atoms with E-state index in [0.29, 0.717) is 37.8 Å². The van der Waals surface area contributed by atoms with Crippen molar-refractivity contribution in [3.05, 3.63) is 40.5 Å². The Morgan fingerprint density at radius 3 is 2.76 bits per heavy atom. The summed E-state index contributed by atoms with van der Waals surface area (Å²) in [5.74, 6) is 0.178. The Morgan fingerprint density at radius 2 is 2.14 bits per heavy atom. The van der Waals surface area contributed by atoms with Gasteiger partial charge in [-0.3, -0.25) is 4.79 Å². The van der Waals surface area contributed by atoms with Crippen molar-refractivity contribution < 1.29 is 18.6 Å². The van der Waals surface area contributed by atoms with E-state index in [0.717, 1.165) is 11.0 Å². The molecule has 29 heavy (non-hydrogen) atoms. The van der Waals surface area contributed by atoms with E-state index in [-0.39, 0.29) is 24.0 Å². The number of nitro groups is 1. The summed E-state index contributed by atoms with van der Waals surface area (Å²) in [6, 6.07) is 5.39. The molecule has 1 fully saturated rings. The first-order valence-corrected chi connectivity index (χ1v) is 8.56. The SMILES string of the molecule is N#Cc1nc(-c2ccco2)oc1N1CCN(C(=O)Cn2cnc([N+](=O)[O-])n2)CC1. The molecule has 0 aliphatic carbocycles. The van der Waals surface area contributed by atoms with Crippen LogP contribution in [0.3, 0.4) is 0 Å². The van der Waals surface area contributed by atoms with E-state index in [1.165, 1.54) is 6.26 Å². The molecule has 148 valence electrons. The van der Waals surface area contributed by atoms with Crippen LogP contribution in [0.5, 0.6) is 0 Å². The molecule has 1 saturated heterocycles. The summed E-state index contributed by atoms with van der Waals surface area (Å²) in [5.41, 5.74) is 0.145. The maximum atomic E-state index is 12.4. The Labute approximate surface area is 162 Å². The highest BCUT2D eigenvalue weighted by molar-refractivity contribution is 5.76. The van der Waals surface area contributed by atoms with E-state index >= 15 is 0 Å². The Hall–Kier alpha value is -4.21. The molecule has 13 nitrogen and oxygen atoms in total. The zero-order chi connectivity index (χ0) is 20.4. The molecule has 0 spiro atoms. The normalized spacial score (nSPS) is 14.0. The molecule has 1 aliphatic rings. The molecule has 0 N–H and O–H groups in total. The number of furan rings is 1. The van der Waals surface area contributed by atoms with Crippen molar-refractivity contribution in [3.8, 4) is 17.7 Å². The summed E-state index contributed by atoms with van der Waals surface area (Å²) in [4.78, 5) is 33.5. The van der Waals surface area contributed by atoms with Crippen LogP contribution >= 0.6 is 0 Å². The van der Waals surface area contributed by atoms with Gasteiger partial charge in [0.15, 0.2) is 5.76 Å². The van der Waals surface area contributed by atoms with Crippen molar-refractivity contribution in [1.82, 2.24) is 24.6 Å². The lowest BCUT2D eigenvalue weighted by molar-refractivity contribution is -0.394. The van der Waals surface area contributed by atoms with Gasteiger partial charge in [-0.15, -0.1) is 0 Å². The smallest absolute Gasteiger partial charge is 0.459 e. The van der Waals surface area contributed by atoms with E-state index in [2.05, 4.69) is 15.1 Å². The van der Waals surface area contributed by atoms with Gasteiger partial charge in [0.2, 0.25) is 23.8 Å². The minimum absolute atomic E-state index is 0.144. The highest BCUT2D eigenvalue weighted by Gasteiger charge is 2.28. The largest absolute Gasteiger partial charge is 0.490 e. The van der Waals surface area contributed by atoms with Gasteiger partial charge in [-0.25, -0.2) is 0 Å². The summed E-state index contributed by atoms with van der Waals surface area (Å²) in [6.45, 7) is 1.50. The molecule has 0 unspecified atom stereocenters. The van der Waals surface area contributed by atoms with Gasteiger partial charge in [0.25, 0.3) is 5.89 Å². The summed E-state index contributed by atoms with van der Waals surface area (Å²) in [5, 5.41) is 23.6. The summed E-state index contributed by atoms with van der Waals surface area (Å²) < 4.78 is 12.1. The van der Waals surface area contributed by atoms with Crippen LogP contribution in [0.4, 0.5) is 11.8 Å². The van der Waals surface area contributed by atoms with E-state index in [1.54, 1.807) is 17.0 Å². The number of rotatable bonds is 5. The Balaban J connectivity index is 1.39. The van der Waals surface area contributed by atoms with E-state index in [9.17, 15) is 20.2 Å². The molecule has 4 rings (SSSR count). The van der Waals surface area contributed by atoms with Gasteiger partial charge in [0, 0.05) is 31.3 Å². The fourth-order valence-corrected chi connectivity index (χ4v) is 2.95. The zero-order valence-electron chi connectivity index (χ0n) is 15.0. The van der Waals surface area contributed by atoms with Gasteiger partial charge in [-0.1, -0.05) is 4.98 Å². The van der Waals surface area contributed by atoms with E-state index < -0.39 is 10.9 Å². The molecule has 1 amide bonds. The second-order valence-electron chi connectivity index (χ2n) is 6.13. The third kappa shape index (κ3) is 3.63. The lowest BCUT2D eigenvalue weighted by atomic mass is 10.3. The fourth-order valence-electron chi connectivity index (χ4n) is 2.95. The number of hydrogen-bond donors (Lipinski definition) is 0. The highest BCUT2D eigenvalue weighted by Crippen LogP contribution is 2.29. The number of oxazole rings is 1. The quantitative estimate of drug-likeness (QED) is 0.441. The second-order valence-corrected chi connectivity index (χ2v) is 6.13. The summed E-state index contributed by atoms with van der Waals surface area (Å²) in [7, 11) is 0. The molecule has 0 aromatic carbocycles. The molecule has 4 heterocycles. The predicted molar refractivity (Wildman–Crippen MR) is 94.4 cm³/mol. The van der Waals surface area contributed by atoms with Crippen LogP contribution in [-0.2, 0) is 11.3 Å². The van der Waals surface area contributed by atoms with Crippen molar-refractivity contribution in [2.75, 3.05) is 31.1 Å². The van der Waals surface area contributed by atoms with Crippen LogP contribution < -0.4 is 4.90 Å². The molecular weight excluding hydrogens is 384 g/mol. The Morgan fingerprint density at radius 1 is 1.34 bits per heavy atom. The van der Waals surface area contributed by atoms with Crippen LogP contribution in [0.1, 0.15) is 5.69 Å². The maximum Gasteiger partial charge on any atom is 0.490 e. The molecular formula is C16H14N8O5. The number of nitriles is 1. The second kappa shape index (κ2) is 7.43. The molecule has 0 radical (unpaired) electrons. The third-order valence-electron chi connectivity index (χ3n) is 4.35. The predicted octanol–water partition coefficient (Wildman–Crippen LogP) is 0.655. The van der Waals surface area contributed by atoms with Crippen LogP contribution in [0.25, 0.3) is 11.7 Å². The number of anilines is 1.